The van der Waals surface area contributed by atoms with Gasteiger partial charge in [0.15, 0.2) is 0 Å². The van der Waals surface area contributed by atoms with E-state index in [1.165, 1.54) is 5.57 Å². The highest BCUT2D eigenvalue weighted by molar-refractivity contribution is 7.18. The van der Waals surface area contributed by atoms with Crippen molar-refractivity contribution in [2.45, 2.75) is 13.3 Å². The third kappa shape index (κ3) is 3.91. The lowest BCUT2D eigenvalue weighted by Gasteiger charge is -2.26. The van der Waals surface area contributed by atoms with Crippen LogP contribution in [0.4, 0.5) is 0 Å². The van der Waals surface area contributed by atoms with E-state index in [9.17, 15) is 4.79 Å². The standard InChI is InChI=1S/C23H23N3OS/c1-16-4-7-20(19-10-12-25(3)13-11-19)15-26(16)23(27)9-6-18-5-8-21-22(14-18)28-17(2)24-21/h4-10,14-15H,1,11-13H2,2-3H3. The molecule has 1 aromatic carbocycles. The van der Waals surface area contributed by atoms with E-state index in [0.717, 1.165) is 45.9 Å². The van der Waals surface area contributed by atoms with Gasteiger partial charge in [0.1, 0.15) is 0 Å². The minimum atomic E-state index is -0.0963. The number of fused-ring (bicyclic) bond motifs is 1. The molecule has 142 valence electrons. The van der Waals surface area contributed by atoms with E-state index in [-0.39, 0.29) is 5.91 Å². The molecular formula is C23H23N3OS. The van der Waals surface area contributed by atoms with Gasteiger partial charge in [0.2, 0.25) is 0 Å². The van der Waals surface area contributed by atoms with Gasteiger partial charge in [0.25, 0.3) is 5.91 Å². The van der Waals surface area contributed by atoms with Crippen LogP contribution in [0.2, 0.25) is 0 Å². The quantitative estimate of drug-likeness (QED) is 0.716. The number of aromatic nitrogens is 1. The largest absolute Gasteiger partial charge is 0.302 e. The van der Waals surface area contributed by atoms with Crippen LogP contribution in [0.1, 0.15) is 17.0 Å². The van der Waals surface area contributed by atoms with Crippen LogP contribution in [0, 0.1) is 6.92 Å². The van der Waals surface area contributed by atoms with E-state index >= 15 is 0 Å². The van der Waals surface area contributed by atoms with Gasteiger partial charge in [-0.1, -0.05) is 24.8 Å². The number of hydrogen-bond donors (Lipinski definition) is 0. The molecule has 0 spiro atoms. The normalized spacial score (nSPS) is 18.1. The van der Waals surface area contributed by atoms with Crippen LogP contribution >= 0.6 is 11.3 Å². The smallest absolute Gasteiger partial charge is 0.255 e. The molecular weight excluding hydrogens is 366 g/mol. The number of benzene rings is 1. The Hall–Kier alpha value is -2.76. The number of rotatable bonds is 3. The Morgan fingerprint density at radius 3 is 2.96 bits per heavy atom. The van der Waals surface area contributed by atoms with Crippen molar-refractivity contribution in [2.24, 2.45) is 0 Å². The van der Waals surface area contributed by atoms with E-state index in [2.05, 4.69) is 35.7 Å². The van der Waals surface area contributed by atoms with Crippen LogP contribution in [0.3, 0.4) is 0 Å². The Bertz CT molecular complexity index is 1070. The molecule has 4 rings (SSSR count). The third-order valence-electron chi connectivity index (χ3n) is 4.99. The number of thiazole rings is 1. The summed E-state index contributed by atoms with van der Waals surface area (Å²) in [6, 6.07) is 6.05. The first-order chi connectivity index (χ1) is 13.5. The third-order valence-corrected chi connectivity index (χ3v) is 5.92. The van der Waals surface area contributed by atoms with Gasteiger partial charge < -0.3 is 4.90 Å². The van der Waals surface area contributed by atoms with Crippen molar-refractivity contribution in [1.29, 1.82) is 0 Å². The van der Waals surface area contributed by atoms with E-state index in [0.29, 0.717) is 5.70 Å². The monoisotopic (exact) mass is 389 g/mol. The number of aryl methyl sites for hydroxylation is 1. The van der Waals surface area contributed by atoms with Gasteiger partial charge in [-0.3, -0.25) is 9.69 Å². The van der Waals surface area contributed by atoms with Crippen molar-refractivity contribution in [1.82, 2.24) is 14.8 Å². The van der Waals surface area contributed by atoms with E-state index in [1.807, 2.05) is 43.5 Å². The Labute approximate surface area is 169 Å². The lowest BCUT2D eigenvalue weighted by atomic mass is 9.98. The molecule has 4 nitrogen and oxygen atoms in total. The number of hydrogen-bond acceptors (Lipinski definition) is 4. The Balaban J connectivity index is 1.53. The molecule has 0 bridgehead atoms. The summed E-state index contributed by atoms with van der Waals surface area (Å²) in [4.78, 5) is 21.2. The van der Waals surface area contributed by atoms with Gasteiger partial charge in [-0.15, -0.1) is 11.3 Å². The lowest BCUT2D eigenvalue weighted by molar-refractivity contribution is -0.121. The predicted octanol–water partition coefficient (Wildman–Crippen LogP) is 4.68. The maximum absolute atomic E-state index is 12.8. The molecule has 2 aliphatic rings. The second-order valence-electron chi connectivity index (χ2n) is 7.15. The predicted molar refractivity (Wildman–Crippen MR) is 117 cm³/mol. The summed E-state index contributed by atoms with van der Waals surface area (Å²) in [6.45, 7) is 7.99. The number of allylic oxidation sites excluding steroid dienone is 3. The van der Waals surface area contributed by atoms with Crippen molar-refractivity contribution >= 4 is 33.5 Å². The van der Waals surface area contributed by atoms with Gasteiger partial charge >= 0.3 is 0 Å². The Morgan fingerprint density at radius 1 is 1.32 bits per heavy atom. The second-order valence-corrected chi connectivity index (χ2v) is 8.39. The highest BCUT2D eigenvalue weighted by atomic mass is 32.1. The highest BCUT2D eigenvalue weighted by Crippen LogP contribution is 2.26. The average Bonchev–Trinajstić information content (AvgIpc) is 3.06. The van der Waals surface area contributed by atoms with E-state index in [1.54, 1.807) is 22.3 Å². The molecule has 1 amide bonds. The number of likely N-dealkylation sites (N-methyl/N-ethyl adjacent to an activating group) is 1. The Kier molecular flexibility index (Phi) is 5.11. The average molecular weight is 390 g/mol. The van der Waals surface area contributed by atoms with Crippen LogP contribution in [0.25, 0.3) is 16.3 Å². The number of nitrogens with zero attached hydrogens (tertiary/aromatic N) is 3. The number of amides is 1. The minimum absolute atomic E-state index is 0.0963. The fraction of sp³-hybridized carbons (Fsp3) is 0.217. The van der Waals surface area contributed by atoms with Gasteiger partial charge in [-0.2, -0.15) is 0 Å². The summed E-state index contributed by atoms with van der Waals surface area (Å²) in [5.74, 6) is -0.0963. The van der Waals surface area contributed by atoms with E-state index in [4.69, 9.17) is 0 Å². The molecule has 3 heterocycles. The van der Waals surface area contributed by atoms with Crippen molar-refractivity contribution in [3.63, 3.8) is 0 Å². The molecule has 5 heteroatoms. The van der Waals surface area contributed by atoms with Crippen LogP contribution in [0.5, 0.6) is 0 Å². The molecule has 0 N–H and O–H groups in total. The van der Waals surface area contributed by atoms with Gasteiger partial charge in [0.05, 0.1) is 15.2 Å². The minimum Gasteiger partial charge on any atom is -0.302 e. The Morgan fingerprint density at radius 2 is 2.18 bits per heavy atom. The SMILES string of the molecule is C=C1C=CC(C2=CCN(C)CC2)=CN1C(=O)C=Cc1ccc2nc(C)sc2c1. The molecule has 0 saturated heterocycles. The number of carbonyl (C=O) groups excluding carboxylic acids is 1. The molecule has 0 atom stereocenters. The zero-order valence-corrected chi connectivity index (χ0v) is 17.0. The van der Waals surface area contributed by atoms with Crippen molar-refractivity contribution < 1.29 is 4.79 Å². The summed E-state index contributed by atoms with van der Waals surface area (Å²) in [5.41, 5.74) is 5.04. The van der Waals surface area contributed by atoms with Crippen molar-refractivity contribution in [2.75, 3.05) is 20.1 Å². The molecule has 0 aliphatic carbocycles. The molecule has 2 aromatic rings. The lowest BCUT2D eigenvalue weighted by Crippen LogP contribution is -2.27. The van der Waals surface area contributed by atoms with Crippen LogP contribution in [0.15, 0.2) is 72.1 Å². The maximum Gasteiger partial charge on any atom is 0.255 e. The molecule has 0 radical (unpaired) electrons. The zero-order chi connectivity index (χ0) is 19.7. The van der Waals surface area contributed by atoms with Crippen LogP contribution in [-0.2, 0) is 4.79 Å². The van der Waals surface area contributed by atoms with Crippen molar-refractivity contribution in [3.05, 3.63) is 82.7 Å². The molecule has 1 aromatic heterocycles. The fourth-order valence-corrected chi connectivity index (χ4v) is 4.24. The molecule has 28 heavy (non-hydrogen) atoms. The van der Waals surface area contributed by atoms with Crippen LogP contribution in [-0.4, -0.2) is 40.8 Å². The van der Waals surface area contributed by atoms with Gasteiger partial charge in [-0.25, -0.2) is 4.98 Å². The molecule has 0 saturated carbocycles. The summed E-state index contributed by atoms with van der Waals surface area (Å²) in [5, 5.41) is 1.05. The molecule has 2 aliphatic heterocycles. The molecule has 0 unspecified atom stereocenters. The van der Waals surface area contributed by atoms with E-state index < -0.39 is 0 Å². The number of carbonyl (C=O) groups is 1. The van der Waals surface area contributed by atoms with Crippen molar-refractivity contribution in [3.8, 4) is 0 Å². The summed E-state index contributed by atoms with van der Waals surface area (Å²) in [6.07, 6.45) is 12.5. The van der Waals surface area contributed by atoms with Crippen LogP contribution < -0.4 is 0 Å². The highest BCUT2D eigenvalue weighted by Gasteiger charge is 2.18. The summed E-state index contributed by atoms with van der Waals surface area (Å²) >= 11 is 1.66. The first-order valence-electron chi connectivity index (χ1n) is 9.35. The topological polar surface area (TPSA) is 36.4 Å². The zero-order valence-electron chi connectivity index (χ0n) is 16.2. The summed E-state index contributed by atoms with van der Waals surface area (Å²) < 4.78 is 1.13. The molecule has 0 fully saturated rings. The first-order valence-corrected chi connectivity index (χ1v) is 10.2. The maximum atomic E-state index is 12.8. The van der Waals surface area contributed by atoms with Gasteiger partial charge in [-0.05, 0) is 61.4 Å². The summed E-state index contributed by atoms with van der Waals surface area (Å²) in [7, 11) is 2.12. The fourth-order valence-electron chi connectivity index (χ4n) is 3.37. The second kappa shape index (κ2) is 7.70. The first kappa shape index (κ1) is 18.6. The van der Waals surface area contributed by atoms with Gasteiger partial charge in [0, 0.05) is 31.1 Å².